The minimum Gasteiger partial charge on any atom is -0.464 e. The van der Waals surface area contributed by atoms with Gasteiger partial charge in [-0.25, -0.2) is 4.79 Å². The predicted molar refractivity (Wildman–Crippen MR) is 97.3 cm³/mol. The van der Waals surface area contributed by atoms with Crippen molar-refractivity contribution in [2.45, 2.75) is 19.1 Å². The van der Waals surface area contributed by atoms with E-state index in [1.807, 2.05) is 48.5 Å². The summed E-state index contributed by atoms with van der Waals surface area (Å²) in [5.74, 6) is -0.648. The van der Waals surface area contributed by atoms with Gasteiger partial charge in [0.2, 0.25) is 0 Å². The van der Waals surface area contributed by atoms with Crippen molar-refractivity contribution in [1.29, 1.82) is 0 Å². The highest BCUT2D eigenvalue weighted by Crippen LogP contribution is 2.26. The molecule has 0 amide bonds. The van der Waals surface area contributed by atoms with E-state index in [0.717, 1.165) is 20.2 Å². The first-order chi connectivity index (χ1) is 11.0. The van der Waals surface area contributed by atoms with Gasteiger partial charge in [-0.05, 0) is 48.9 Å². The number of benzene rings is 2. The third kappa shape index (κ3) is 5.06. The van der Waals surface area contributed by atoms with Crippen molar-refractivity contribution in [3.63, 3.8) is 0 Å². The third-order valence-corrected chi connectivity index (χ3v) is 4.30. The highest BCUT2D eigenvalue weighted by molar-refractivity contribution is 9.10. The van der Waals surface area contributed by atoms with Crippen molar-refractivity contribution in [3.05, 3.63) is 63.0 Å². The second-order valence-corrected chi connectivity index (χ2v) is 6.71. The molecule has 6 heteroatoms. The summed E-state index contributed by atoms with van der Waals surface area (Å²) in [5, 5.41) is 13.6. The number of nitrogens with one attached hydrogen (secondary N) is 1. The fourth-order valence-corrected chi connectivity index (χ4v) is 2.63. The molecule has 0 aliphatic rings. The van der Waals surface area contributed by atoms with Crippen LogP contribution in [0.15, 0.2) is 57.5 Å². The molecule has 0 saturated heterocycles. The van der Waals surface area contributed by atoms with Crippen LogP contribution in [0.2, 0.25) is 0 Å². The summed E-state index contributed by atoms with van der Waals surface area (Å²) in [4.78, 5) is 11.9. The molecule has 2 N–H and O–H groups in total. The Kier molecular flexibility index (Phi) is 6.62. The van der Waals surface area contributed by atoms with Crippen molar-refractivity contribution in [2.24, 2.45) is 0 Å². The average Bonchev–Trinajstić information content (AvgIpc) is 2.55. The summed E-state index contributed by atoms with van der Waals surface area (Å²) in [6.07, 6.45) is -1.31. The van der Waals surface area contributed by atoms with Crippen LogP contribution in [0.1, 0.15) is 18.5 Å². The molecule has 2 rings (SSSR count). The number of halogens is 2. The Bertz CT molecular complexity index is 644. The zero-order valence-corrected chi connectivity index (χ0v) is 15.7. The van der Waals surface area contributed by atoms with Crippen LogP contribution < -0.4 is 5.32 Å². The Hall–Kier alpha value is -1.37. The van der Waals surface area contributed by atoms with Crippen LogP contribution in [0.4, 0.5) is 5.69 Å². The van der Waals surface area contributed by atoms with Gasteiger partial charge in [0, 0.05) is 14.6 Å². The summed E-state index contributed by atoms with van der Waals surface area (Å²) in [5.41, 5.74) is 1.58. The van der Waals surface area contributed by atoms with Gasteiger partial charge < -0.3 is 15.2 Å². The first-order valence-corrected chi connectivity index (χ1v) is 8.72. The van der Waals surface area contributed by atoms with Crippen LogP contribution in [0.5, 0.6) is 0 Å². The Morgan fingerprint density at radius 2 is 1.61 bits per heavy atom. The Morgan fingerprint density at radius 3 is 2.13 bits per heavy atom. The molecule has 122 valence electrons. The summed E-state index contributed by atoms with van der Waals surface area (Å²) in [6, 6.07) is 14.3. The van der Waals surface area contributed by atoms with E-state index in [9.17, 15) is 9.90 Å². The second-order valence-electron chi connectivity index (χ2n) is 4.88. The lowest BCUT2D eigenvalue weighted by molar-refractivity contribution is -0.153. The molecule has 0 saturated carbocycles. The van der Waals surface area contributed by atoms with E-state index in [1.165, 1.54) is 0 Å². The van der Waals surface area contributed by atoms with E-state index in [0.29, 0.717) is 0 Å². The van der Waals surface area contributed by atoms with Crippen molar-refractivity contribution in [1.82, 2.24) is 0 Å². The number of aliphatic hydroxyl groups excluding tert-OH is 1. The van der Waals surface area contributed by atoms with Gasteiger partial charge in [0.15, 0.2) is 6.10 Å². The van der Waals surface area contributed by atoms with Crippen molar-refractivity contribution in [3.8, 4) is 0 Å². The Labute approximate surface area is 152 Å². The molecule has 0 fully saturated rings. The summed E-state index contributed by atoms with van der Waals surface area (Å²) >= 11 is 6.76. The summed E-state index contributed by atoms with van der Waals surface area (Å²) in [6.45, 7) is 1.93. The zero-order chi connectivity index (χ0) is 16.8. The lowest BCUT2D eigenvalue weighted by Gasteiger charge is -2.24. The smallest absolute Gasteiger partial charge is 0.337 e. The van der Waals surface area contributed by atoms with E-state index in [-0.39, 0.29) is 6.61 Å². The predicted octanol–water partition coefficient (Wildman–Crippen LogP) is 4.29. The number of aliphatic hydroxyl groups is 1. The minimum atomic E-state index is -1.31. The number of carbonyl (C=O) groups excluding carboxylic acids is 1. The largest absolute Gasteiger partial charge is 0.464 e. The van der Waals surface area contributed by atoms with Crippen LogP contribution in [-0.2, 0) is 9.53 Å². The monoisotopic (exact) mass is 441 g/mol. The van der Waals surface area contributed by atoms with Gasteiger partial charge in [0.05, 0.1) is 12.6 Å². The van der Waals surface area contributed by atoms with Crippen LogP contribution in [0, 0.1) is 0 Å². The molecule has 0 spiro atoms. The lowest BCUT2D eigenvalue weighted by Crippen LogP contribution is -2.34. The molecule has 0 aliphatic carbocycles. The SMILES string of the molecule is CCOC(=O)[C@H](O)[C@@H](Nc1ccc(Br)cc1)c1ccc(Br)cc1. The van der Waals surface area contributed by atoms with Gasteiger partial charge in [-0.1, -0.05) is 44.0 Å². The normalized spacial score (nSPS) is 13.2. The number of carbonyl (C=O) groups is 1. The average molecular weight is 443 g/mol. The molecule has 4 nitrogen and oxygen atoms in total. The van der Waals surface area contributed by atoms with Crippen molar-refractivity contribution >= 4 is 43.5 Å². The molecular formula is C17H17Br2NO3. The summed E-state index contributed by atoms with van der Waals surface area (Å²) in [7, 11) is 0. The number of ether oxygens (including phenoxy) is 1. The highest BCUT2D eigenvalue weighted by atomic mass is 79.9. The third-order valence-electron chi connectivity index (χ3n) is 3.24. The number of anilines is 1. The number of esters is 1. The number of hydrogen-bond acceptors (Lipinski definition) is 4. The van der Waals surface area contributed by atoms with Crippen molar-refractivity contribution < 1.29 is 14.6 Å². The Balaban J connectivity index is 2.28. The standard InChI is InChI=1S/C17H17Br2NO3/c1-2-23-17(22)16(21)15(11-3-5-12(18)6-4-11)20-14-9-7-13(19)8-10-14/h3-10,15-16,20-21H,2H2,1H3/t15-,16+/m0/s1. The van der Waals surface area contributed by atoms with Gasteiger partial charge in [-0.15, -0.1) is 0 Å². The van der Waals surface area contributed by atoms with E-state index in [1.54, 1.807) is 6.92 Å². The van der Waals surface area contributed by atoms with E-state index in [2.05, 4.69) is 37.2 Å². The quantitative estimate of drug-likeness (QED) is 0.655. The fraction of sp³-hybridized carbons (Fsp3) is 0.235. The van der Waals surface area contributed by atoms with E-state index >= 15 is 0 Å². The number of hydrogen-bond donors (Lipinski definition) is 2. The molecule has 2 aromatic rings. The molecular weight excluding hydrogens is 426 g/mol. The number of rotatable bonds is 6. The minimum absolute atomic E-state index is 0.223. The molecule has 23 heavy (non-hydrogen) atoms. The first-order valence-electron chi connectivity index (χ1n) is 7.13. The van der Waals surface area contributed by atoms with Gasteiger partial charge >= 0.3 is 5.97 Å². The van der Waals surface area contributed by atoms with Crippen LogP contribution in [-0.4, -0.2) is 23.8 Å². The van der Waals surface area contributed by atoms with Crippen LogP contribution in [0.3, 0.4) is 0 Å². The topological polar surface area (TPSA) is 58.6 Å². The van der Waals surface area contributed by atoms with Crippen LogP contribution >= 0.6 is 31.9 Å². The van der Waals surface area contributed by atoms with Gasteiger partial charge in [-0.2, -0.15) is 0 Å². The van der Waals surface area contributed by atoms with Gasteiger partial charge in [0.1, 0.15) is 0 Å². The molecule has 0 heterocycles. The molecule has 0 unspecified atom stereocenters. The van der Waals surface area contributed by atoms with E-state index in [4.69, 9.17) is 4.74 Å². The molecule has 2 aromatic carbocycles. The summed E-state index contributed by atoms with van der Waals surface area (Å²) < 4.78 is 6.82. The fourth-order valence-electron chi connectivity index (χ4n) is 2.10. The molecule has 0 aliphatic heterocycles. The lowest BCUT2D eigenvalue weighted by atomic mass is 10.0. The second kappa shape index (κ2) is 8.47. The maximum absolute atomic E-state index is 11.9. The first kappa shape index (κ1) is 18.0. The molecule has 0 radical (unpaired) electrons. The van der Waals surface area contributed by atoms with Gasteiger partial charge in [-0.3, -0.25) is 0 Å². The highest BCUT2D eigenvalue weighted by Gasteiger charge is 2.28. The molecule has 0 aromatic heterocycles. The maximum Gasteiger partial charge on any atom is 0.337 e. The van der Waals surface area contributed by atoms with Crippen molar-refractivity contribution in [2.75, 3.05) is 11.9 Å². The molecule has 0 bridgehead atoms. The Morgan fingerprint density at radius 1 is 1.09 bits per heavy atom. The van der Waals surface area contributed by atoms with Crippen LogP contribution in [0.25, 0.3) is 0 Å². The maximum atomic E-state index is 11.9. The van der Waals surface area contributed by atoms with Gasteiger partial charge in [0.25, 0.3) is 0 Å². The molecule has 2 atom stereocenters. The van der Waals surface area contributed by atoms with E-state index < -0.39 is 18.1 Å². The zero-order valence-electron chi connectivity index (χ0n) is 12.5.